The average molecular weight is 420 g/mol. The number of ether oxygens (including phenoxy) is 1. The predicted octanol–water partition coefficient (Wildman–Crippen LogP) is 2.99. The predicted molar refractivity (Wildman–Crippen MR) is 102 cm³/mol. The summed E-state index contributed by atoms with van der Waals surface area (Å²) in [6, 6.07) is 16.2. The van der Waals surface area contributed by atoms with Crippen molar-refractivity contribution < 1.29 is 27.8 Å². The summed E-state index contributed by atoms with van der Waals surface area (Å²) >= 11 is 0. The summed E-state index contributed by atoms with van der Waals surface area (Å²) in [7, 11) is 0.699. The van der Waals surface area contributed by atoms with Gasteiger partial charge in [0.25, 0.3) is 11.2 Å². The van der Waals surface area contributed by atoms with E-state index in [4.69, 9.17) is 0 Å². The monoisotopic (exact) mass is 420 g/mol. The van der Waals surface area contributed by atoms with Crippen molar-refractivity contribution in [2.75, 3.05) is 7.11 Å². The van der Waals surface area contributed by atoms with E-state index in [0.29, 0.717) is 13.5 Å². The van der Waals surface area contributed by atoms with Crippen LogP contribution in [-0.2, 0) is 21.6 Å². The van der Waals surface area contributed by atoms with Crippen LogP contribution in [0.4, 0.5) is 13.2 Å². The number of esters is 1. The second-order valence-electron chi connectivity index (χ2n) is 6.78. The van der Waals surface area contributed by atoms with Crippen molar-refractivity contribution in [2.24, 2.45) is 0 Å². The van der Waals surface area contributed by atoms with Crippen LogP contribution in [0.5, 0.6) is 0 Å². The number of aliphatic hydroxyl groups is 1. The number of rotatable bonds is 5. The Morgan fingerprint density at radius 1 is 1.07 bits per heavy atom. The smallest absolute Gasteiger partial charge is 0.432 e. The van der Waals surface area contributed by atoms with Crippen LogP contribution in [0.3, 0.4) is 0 Å². The Kier molecular flexibility index (Phi) is 5.58. The van der Waals surface area contributed by atoms with Crippen molar-refractivity contribution in [1.82, 2.24) is 9.78 Å². The highest BCUT2D eigenvalue weighted by Crippen LogP contribution is 2.39. The highest BCUT2D eigenvalue weighted by molar-refractivity contribution is 5.82. The van der Waals surface area contributed by atoms with Gasteiger partial charge in [-0.25, -0.2) is 9.48 Å². The molecule has 158 valence electrons. The number of hydrogen-bond donors (Lipinski definition) is 2. The van der Waals surface area contributed by atoms with Gasteiger partial charge in [-0.15, -0.1) is 0 Å². The lowest BCUT2D eigenvalue weighted by atomic mass is 9.93. The number of methoxy groups -OCH3 is 1. The normalized spacial score (nSPS) is 13.7. The third-order valence-corrected chi connectivity index (χ3v) is 4.77. The lowest BCUT2D eigenvalue weighted by molar-refractivity contribution is -0.267. The maximum absolute atomic E-state index is 13.5. The standard InChI is InChI=1S/C21H19F3N2O4/c1-13-17(20(29,19(28)30-2)21(22,23)24)18(27)26(25-13)16-10-8-15(9-11-16)12-14-6-4-3-5-7-14/h3-11,25,29H,12H2,1-2H3. The summed E-state index contributed by atoms with van der Waals surface area (Å²) in [6.07, 6.45) is -4.81. The number of hydrogen-bond acceptors (Lipinski definition) is 4. The molecule has 0 saturated heterocycles. The van der Waals surface area contributed by atoms with Crippen LogP contribution in [0, 0.1) is 6.92 Å². The van der Waals surface area contributed by atoms with Crippen LogP contribution in [-0.4, -0.2) is 34.1 Å². The molecule has 0 amide bonds. The van der Waals surface area contributed by atoms with E-state index in [1.807, 2.05) is 30.3 Å². The van der Waals surface area contributed by atoms with Crippen LogP contribution in [0.1, 0.15) is 22.4 Å². The van der Waals surface area contributed by atoms with Gasteiger partial charge in [0.2, 0.25) is 0 Å². The molecule has 0 aliphatic rings. The molecule has 1 heterocycles. The second-order valence-corrected chi connectivity index (χ2v) is 6.78. The van der Waals surface area contributed by atoms with E-state index >= 15 is 0 Å². The third kappa shape index (κ3) is 3.63. The summed E-state index contributed by atoms with van der Waals surface area (Å²) < 4.78 is 45.6. The molecule has 0 saturated carbocycles. The fourth-order valence-electron chi connectivity index (χ4n) is 3.26. The molecule has 3 aromatic rings. The minimum atomic E-state index is -5.45. The molecule has 1 atom stereocenters. The molecule has 2 N–H and O–H groups in total. The van der Waals surface area contributed by atoms with E-state index in [1.165, 1.54) is 0 Å². The van der Waals surface area contributed by atoms with E-state index in [9.17, 15) is 27.9 Å². The minimum Gasteiger partial charge on any atom is -0.466 e. The van der Waals surface area contributed by atoms with Gasteiger partial charge in [0.1, 0.15) is 0 Å². The van der Waals surface area contributed by atoms with Crippen molar-refractivity contribution >= 4 is 5.97 Å². The first-order chi connectivity index (χ1) is 14.1. The number of benzene rings is 2. The topological polar surface area (TPSA) is 84.3 Å². The number of aromatic amines is 1. The highest BCUT2D eigenvalue weighted by atomic mass is 19.4. The first kappa shape index (κ1) is 21.4. The van der Waals surface area contributed by atoms with E-state index in [2.05, 4.69) is 9.84 Å². The number of carbonyl (C=O) groups excluding carboxylic acids is 1. The molecular formula is C21H19F3N2O4. The van der Waals surface area contributed by atoms with E-state index in [1.54, 1.807) is 24.3 Å². The van der Waals surface area contributed by atoms with Crippen molar-refractivity contribution in [3.05, 3.63) is 87.3 Å². The van der Waals surface area contributed by atoms with Crippen molar-refractivity contribution in [1.29, 1.82) is 0 Å². The molecule has 9 heteroatoms. The van der Waals surface area contributed by atoms with E-state index in [0.717, 1.165) is 22.7 Å². The van der Waals surface area contributed by atoms with Gasteiger partial charge in [-0.1, -0.05) is 42.5 Å². The third-order valence-electron chi connectivity index (χ3n) is 4.77. The van der Waals surface area contributed by atoms with E-state index < -0.39 is 28.9 Å². The number of aromatic nitrogens is 2. The van der Waals surface area contributed by atoms with Crippen LogP contribution in [0.15, 0.2) is 59.4 Å². The average Bonchev–Trinajstić information content (AvgIpc) is 3.01. The first-order valence-corrected chi connectivity index (χ1v) is 8.92. The molecule has 0 aliphatic carbocycles. The SMILES string of the molecule is COC(=O)C(O)(c1c(C)[nH]n(-c2ccc(Cc3ccccc3)cc2)c1=O)C(F)(F)F. The molecule has 0 radical (unpaired) electrons. The number of nitrogens with zero attached hydrogens (tertiary/aromatic N) is 1. The Bertz CT molecular complexity index is 1100. The van der Waals surface area contributed by atoms with Gasteiger partial charge in [-0.2, -0.15) is 13.2 Å². The Morgan fingerprint density at radius 2 is 1.63 bits per heavy atom. The number of halogens is 3. The molecule has 1 aromatic heterocycles. The summed E-state index contributed by atoms with van der Waals surface area (Å²) in [4.78, 5) is 24.5. The molecule has 0 fully saturated rings. The van der Waals surface area contributed by atoms with Gasteiger partial charge in [0, 0.05) is 5.69 Å². The fourth-order valence-corrected chi connectivity index (χ4v) is 3.26. The molecule has 0 spiro atoms. The number of nitrogens with one attached hydrogen (secondary N) is 1. The van der Waals surface area contributed by atoms with Crippen molar-refractivity contribution in [3.8, 4) is 5.69 Å². The molecule has 6 nitrogen and oxygen atoms in total. The zero-order valence-corrected chi connectivity index (χ0v) is 16.2. The van der Waals surface area contributed by atoms with Crippen LogP contribution in [0.25, 0.3) is 5.69 Å². The van der Waals surface area contributed by atoms with Crippen LogP contribution < -0.4 is 5.56 Å². The zero-order valence-electron chi connectivity index (χ0n) is 16.2. The van der Waals surface area contributed by atoms with Crippen LogP contribution >= 0.6 is 0 Å². The Hall–Kier alpha value is -3.33. The summed E-state index contributed by atoms with van der Waals surface area (Å²) in [6.45, 7) is 1.16. The van der Waals surface area contributed by atoms with Crippen LogP contribution in [0.2, 0.25) is 0 Å². The van der Waals surface area contributed by atoms with Gasteiger partial charge in [0.15, 0.2) is 0 Å². The van der Waals surface area contributed by atoms with Gasteiger partial charge >= 0.3 is 12.1 Å². The quantitative estimate of drug-likeness (QED) is 0.622. The molecular weight excluding hydrogens is 401 g/mol. The summed E-state index contributed by atoms with van der Waals surface area (Å²) in [5.41, 5.74) is -4.46. The number of H-pyrrole nitrogens is 1. The number of carbonyl (C=O) groups is 1. The molecule has 30 heavy (non-hydrogen) atoms. The maximum atomic E-state index is 13.5. The largest absolute Gasteiger partial charge is 0.466 e. The Balaban J connectivity index is 2.01. The van der Waals surface area contributed by atoms with Gasteiger partial charge in [-0.3, -0.25) is 9.89 Å². The van der Waals surface area contributed by atoms with Gasteiger partial charge in [0.05, 0.1) is 18.4 Å². The maximum Gasteiger partial charge on any atom is 0.432 e. The van der Waals surface area contributed by atoms with Gasteiger partial charge < -0.3 is 9.84 Å². The number of alkyl halides is 3. The van der Waals surface area contributed by atoms with Crippen molar-refractivity contribution in [3.63, 3.8) is 0 Å². The fraction of sp³-hybridized carbons (Fsp3) is 0.238. The molecule has 1 unspecified atom stereocenters. The Morgan fingerprint density at radius 3 is 2.17 bits per heavy atom. The van der Waals surface area contributed by atoms with E-state index in [-0.39, 0.29) is 11.4 Å². The molecule has 3 rings (SSSR count). The second kappa shape index (κ2) is 7.83. The molecule has 2 aromatic carbocycles. The zero-order chi connectivity index (χ0) is 22.1. The minimum absolute atomic E-state index is 0.251. The lowest BCUT2D eigenvalue weighted by Crippen LogP contribution is -2.52. The van der Waals surface area contributed by atoms with Gasteiger partial charge in [-0.05, 0) is 36.6 Å². The summed E-state index contributed by atoms with van der Waals surface area (Å²) in [5, 5.41) is 12.7. The summed E-state index contributed by atoms with van der Waals surface area (Å²) in [5.74, 6) is -1.99. The highest BCUT2D eigenvalue weighted by Gasteiger charge is 2.64. The first-order valence-electron chi connectivity index (χ1n) is 8.92. The number of aryl methyl sites for hydroxylation is 1. The van der Waals surface area contributed by atoms with Crippen molar-refractivity contribution in [2.45, 2.75) is 25.1 Å². The molecule has 0 aliphatic heterocycles. The lowest BCUT2D eigenvalue weighted by Gasteiger charge is -2.26. The Labute approximate surface area is 169 Å². The molecule has 0 bridgehead atoms.